The molecule has 1 aliphatic rings. The third kappa shape index (κ3) is 6.71. The minimum absolute atomic E-state index is 0. The van der Waals surface area contributed by atoms with Crippen LogP contribution in [0.5, 0.6) is 0 Å². The van der Waals surface area contributed by atoms with Gasteiger partial charge < -0.3 is 20.3 Å². The molecular formula is C22H29IN4O2. The highest BCUT2D eigenvalue weighted by molar-refractivity contribution is 14.0. The molecule has 6 nitrogen and oxygen atoms in total. The minimum atomic E-state index is 0. The molecule has 156 valence electrons. The Hall–Kier alpha value is -2.13. The summed E-state index contributed by atoms with van der Waals surface area (Å²) in [4.78, 5) is 18.0. The van der Waals surface area contributed by atoms with Gasteiger partial charge in [0.1, 0.15) is 0 Å². The third-order valence-electron chi connectivity index (χ3n) is 4.77. The van der Waals surface area contributed by atoms with Crippen molar-refractivity contribution in [2.45, 2.75) is 32.5 Å². The van der Waals surface area contributed by atoms with Crippen LogP contribution in [-0.2, 0) is 29.2 Å². The maximum absolute atomic E-state index is 11.8. The van der Waals surface area contributed by atoms with E-state index < -0.39 is 0 Å². The quantitative estimate of drug-likeness (QED) is 0.342. The number of carbonyl (C=O) groups excluding carboxylic acids is 1. The van der Waals surface area contributed by atoms with Gasteiger partial charge in [0.05, 0.1) is 6.61 Å². The Kier molecular flexibility index (Phi) is 9.40. The summed E-state index contributed by atoms with van der Waals surface area (Å²) in [6.45, 7) is 2.78. The number of anilines is 1. The van der Waals surface area contributed by atoms with Gasteiger partial charge >= 0.3 is 0 Å². The van der Waals surface area contributed by atoms with Crippen LogP contribution in [0.4, 0.5) is 5.69 Å². The van der Waals surface area contributed by atoms with E-state index in [4.69, 9.17) is 4.74 Å². The SMILES string of the molecule is CN=C(NCc1ccc(N2CCCC2=O)cc1)NCc1cccc(COC)c1.I. The highest BCUT2D eigenvalue weighted by Gasteiger charge is 2.21. The average molecular weight is 508 g/mol. The first-order chi connectivity index (χ1) is 13.7. The number of ether oxygens (including phenoxy) is 1. The fraction of sp³-hybridized carbons (Fsp3) is 0.364. The van der Waals surface area contributed by atoms with Crippen molar-refractivity contribution in [1.82, 2.24) is 10.6 Å². The molecule has 0 atom stereocenters. The van der Waals surface area contributed by atoms with Gasteiger partial charge in [-0.2, -0.15) is 0 Å². The molecule has 0 bridgehead atoms. The van der Waals surface area contributed by atoms with Gasteiger partial charge in [-0.25, -0.2) is 0 Å². The van der Waals surface area contributed by atoms with Crippen LogP contribution < -0.4 is 15.5 Å². The molecule has 3 rings (SSSR count). The fourth-order valence-corrected chi connectivity index (χ4v) is 3.30. The van der Waals surface area contributed by atoms with E-state index in [0.717, 1.165) is 35.7 Å². The molecule has 0 saturated carbocycles. The van der Waals surface area contributed by atoms with Crippen LogP contribution in [0.1, 0.15) is 29.5 Å². The zero-order valence-corrected chi connectivity index (χ0v) is 19.3. The standard InChI is InChI=1S/C22H28N4O2.HI/c1-23-22(25-15-18-5-3-6-19(13-18)16-28-2)24-14-17-8-10-20(11-9-17)26-12-4-7-21(26)27;/h3,5-6,8-11,13H,4,7,12,14-16H2,1-2H3,(H2,23,24,25);1H. The maximum Gasteiger partial charge on any atom is 0.227 e. The summed E-state index contributed by atoms with van der Waals surface area (Å²) in [6, 6.07) is 16.4. The predicted molar refractivity (Wildman–Crippen MR) is 128 cm³/mol. The van der Waals surface area contributed by atoms with Crippen molar-refractivity contribution in [1.29, 1.82) is 0 Å². The first-order valence-corrected chi connectivity index (χ1v) is 9.60. The summed E-state index contributed by atoms with van der Waals surface area (Å²) >= 11 is 0. The molecule has 1 saturated heterocycles. The normalized spacial score (nSPS) is 13.9. The molecule has 1 fully saturated rings. The Balaban J connectivity index is 0.00000300. The van der Waals surface area contributed by atoms with Crippen LogP contribution in [0.15, 0.2) is 53.5 Å². The van der Waals surface area contributed by atoms with E-state index in [1.165, 1.54) is 5.56 Å². The van der Waals surface area contributed by atoms with E-state index in [1.807, 2.05) is 23.1 Å². The van der Waals surface area contributed by atoms with Gasteiger partial charge in [0.25, 0.3) is 0 Å². The summed E-state index contributed by atoms with van der Waals surface area (Å²) in [5.74, 6) is 0.959. The summed E-state index contributed by atoms with van der Waals surface area (Å²) in [5.41, 5.74) is 4.45. The molecule has 2 aromatic carbocycles. The predicted octanol–water partition coefficient (Wildman–Crippen LogP) is 3.44. The van der Waals surface area contributed by atoms with Crippen molar-refractivity contribution in [3.63, 3.8) is 0 Å². The fourth-order valence-electron chi connectivity index (χ4n) is 3.30. The third-order valence-corrected chi connectivity index (χ3v) is 4.77. The van der Waals surface area contributed by atoms with E-state index in [2.05, 4.69) is 46.0 Å². The molecule has 0 radical (unpaired) electrons. The van der Waals surface area contributed by atoms with E-state index in [0.29, 0.717) is 26.1 Å². The topological polar surface area (TPSA) is 66.0 Å². The number of aliphatic imine (C=N–C) groups is 1. The number of guanidine groups is 1. The molecular weight excluding hydrogens is 479 g/mol. The second-order valence-electron chi connectivity index (χ2n) is 6.85. The Labute approximate surface area is 189 Å². The van der Waals surface area contributed by atoms with Crippen LogP contribution in [-0.4, -0.2) is 32.6 Å². The molecule has 7 heteroatoms. The number of rotatable bonds is 7. The Bertz CT molecular complexity index is 824. The summed E-state index contributed by atoms with van der Waals surface area (Å²) in [5, 5.41) is 6.66. The van der Waals surface area contributed by atoms with Crippen molar-refractivity contribution in [3.05, 3.63) is 65.2 Å². The number of hydrogen-bond donors (Lipinski definition) is 2. The number of halogens is 1. The average Bonchev–Trinajstić information content (AvgIpc) is 3.15. The Morgan fingerprint density at radius 3 is 2.38 bits per heavy atom. The zero-order valence-electron chi connectivity index (χ0n) is 17.0. The van der Waals surface area contributed by atoms with Crippen LogP contribution >= 0.6 is 24.0 Å². The number of carbonyl (C=O) groups is 1. The van der Waals surface area contributed by atoms with Gasteiger partial charge in [-0.3, -0.25) is 9.79 Å². The number of nitrogens with zero attached hydrogens (tertiary/aromatic N) is 2. The minimum Gasteiger partial charge on any atom is -0.380 e. The second kappa shape index (κ2) is 11.8. The van der Waals surface area contributed by atoms with E-state index in [1.54, 1.807) is 14.2 Å². The Morgan fingerprint density at radius 2 is 1.76 bits per heavy atom. The number of methoxy groups -OCH3 is 1. The monoisotopic (exact) mass is 508 g/mol. The first-order valence-electron chi connectivity index (χ1n) is 9.60. The van der Waals surface area contributed by atoms with Gasteiger partial charge in [0.2, 0.25) is 5.91 Å². The lowest BCUT2D eigenvalue weighted by atomic mass is 10.1. The van der Waals surface area contributed by atoms with E-state index in [-0.39, 0.29) is 29.9 Å². The van der Waals surface area contributed by atoms with E-state index in [9.17, 15) is 4.79 Å². The smallest absolute Gasteiger partial charge is 0.227 e. The largest absolute Gasteiger partial charge is 0.380 e. The molecule has 1 amide bonds. The molecule has 2 N–H and O–H groups in total. The van der Waals surface area contributed by atoms with Crippen molar-refractivity contribution in [2.75, 3.05) is 25.6 Å². The Morgan fingerprint density at radius 1 is 1.07 bits per heavy atom. The van der Waals surface area contributed by atoms with E-state index >= 15 is 0 Å². The molecule has 0 unspecified atom stereocenters. The van der Waals surface area contributed by atoms with Crippen LogP contribution in [0.25, 0.3) is 0 Å². The number of benzene rings is 2. The molecule has 1 heterocycles. The number of amides is 1. The van der Waals surface area contributed by atoms with Crippen LogP contribution in [0, 0.1) is 0 Å². The van der Waals surface area contributed by atoms with Gasteiger partial charge in [0.15, 0.2) is 5.96 Å². The molecule has 0 aromatic heterocycles. The first kappa shape index (κ1) is 23.2. The number of nitrogens with one attached hydrogen (secondary N) is 2. The maximum atomic E-state index is 11.8. The lowest BCUT2D eigenvalue weighted by molar-refractivity contribution is -0.117. The lowest BCUT2D eigenvalue weighted by Crippen LogP contribution is -2.36. The van der Waals surface area contributed by atoms with Gasteiger partial charge in [0, 0.05) is 45.9 Å². The highest BCUT2D eigenvalue weighted by atomic mass is 127. The van der Waals surface area contributed by atoms with Gasteiger partial charge in [-0.15, -0.1) is 24.0 Å². The van der Waals surface area contributed by atoms with Crippen LogP contribution in [0.2, 0.25) is 0 Å². The van der Waals surface area contributed by atoms with Gasteiger partial charge in [-0.05, 0) is 35.2 Å². The number of hydrogen-bond acceptors (Lipinski definition) is 3. The zero-order chi connectivity index (χ0) is 19.8. The second-order valence-corrected chi connectivity index (χ2v) is 6.85. The van der Waals surface area contributed by atoms with Crippen LogP contribution in [0.3, 0.4) is 0 Å². The lowest BCUT2D eigenvalue weighted by Gasteiger charge is -2.16. The molecule has 29 heavy (non-hydrogen) atoms. The molecule has 1 aliphatic heterocycles. The van der Waals surface area contributed by atoms with Gasteiger partial charge in [-0.1, -0.05) is 36.4 Å². The molecule has 0 aliphatic carbocycles. The van der Waals surface area contributed by atoms with Crippen molar-refractivity contribution in [3.8, 4) is 0 Å². The summed E-state index contributed by atoms with van der Waals surface area (Å²) in [6.07, 6.45) is 1.60. The van der Waals surface area contributed by atoms with Crippen molar-refractivity contribution in [2.24, 2.45) is 4.99 Å². The summed E-state index contributed by atoms with van der Waals surface area (Å²) < 4.78 is 5.19. The van der Waals surface area contributed by atoms with Crippen molar-refractivity contribution < 1.29 is 9.53 Å². The highest BCUT2D eigenvalue weighted by Crippen LogP contribution is 2.21. The summed E-state index contributed by atoms with van der Waals surface area (Å²) in [7, 11) is 3.46. The molecule has 0 spiro atoms. The van der Waals surface area contributed by atoms with Crippen molar-refractivity contribution >= 4 is 41.5 Å². The molecule has 2 aromatic rings.